The highest BCUT2D eigenvalue weighted by atomic mass is 16.5. The number of esters is 1. The molecule has 2 N–H and O–H groups in total. The molecule has 0 radical (unpaired) electrons. The average Bonchev–Trinajstić information content (AvgIpc) is 2.26. The minimum atomic E-state index is -1.51. The molecule has 1 saturated heterocycles. The molecule has 3 atom stereocenters. The minimum absolute atomic E-state index is 0.260. The van der Waals surface area contributed by atoms with Gasteiger partial charge in [-0.05, 0) is 20.9 Å². The summed E-state index contributed by atoms with van der Waals surface area (Å²) in [6.45, 7) is 3.48. The van der Waals surface area contributed by atoms with Crippen LogP contribution in [0.15, 0.2) is 0 Å². The standard InChI is InChI=1S/C9H16N2O4/c1-5-9(2,10-3)8(14)11(5)6(12)7(13)15-4/h5-6,10,12H,1-4H3. The topological polar surface area (TPSA) is 78.9 Å². The number of nitrogens with zero attached hydrogens (tertiary/aromatic N) is 1. The molecule has 0 aromatic rings. The van der Waals surface area contributed by atoms with Crippen molar-refractivity contribution in [2.75, 3.05) is 14.2 Å². The number of carbonyl (C=O) groups excluding carboxylic acids is 2. The number of amides is 1. The normalized spacial score (nSPS) is 32.2. The number of aliphatic hydroxyl groups is 1. The van der Waals surface area contributed by atoms with Gasteiger partial charge in [-0.25, -0.2) is 4.79 Å². The van der Waals surface area contributed by atoms with E-state index in [0.717, 1.165) is 12.0 Å². The molecule has 1 aliphatic heterocycles. The highest BCUT2D eigenvalue weighted by molar-refractivity contribution is 5.96. The Bertz CT molecular complexity index is 294. The molecular weight excluding hydrogens is 200 g/mol. The number of carbonyl (C=O) groups is 2. The first kappa shape index (κ1) is 11.9. The molecule has 0 aromatic carbocycles. The van der Waals surface area contributed by atoms with Crippen LogP contribution in [0.4, 0.5) is 0 Å². The van der Waals surface area contributed by atoms with Crippen LogP contribution in [-0.2, 0) is 14.3 Å². The number of likely N-dealkylation sites (tertiary alicyclic amines) is 1. The van der Waals surface area contributed by atoms with E-state index >= 15 is 0 Å². The summed E-state index contributed by atoms with van der Waals surface area (Å²) in [5, 5.41) is 12.4. The number of methoxy groups -OCH3 is 1. The van der Waals surface area contributed by atoms with Crippen LogP contribution in [0.2, 0.25) is 0 Å². The largest absolute Gasteiger partial charge is 0.466 e. The third-order valence-corrected chi connectivity index (χ3v) is 3.13. The third-order valence-electron chi connectivity index (χ3n) is 3.13. The number of likely N-dealkylation sites (N-methyl/N-ethyl adjacent to an activating group) is 1. The molecule has 0 spiro atoms. The smallest absolute Gasteiger partial charge is 0.356 e. The van der Waals surface area contributed by atoms with Crippen LogP contribution < -0.4 is 5.32 Å². The zero-order valence-corrected chi connectivity index (χ0v) is 9.27. The van der Waals surface area contributed by atoms with Crippen LogP contribution in [-0.4, -0.2) is 53.8 Å². The maximum Gasteiger partial charge on any atom is 0.356 e. The summed E-state index contributed by atoms with van der Waals surface area (Å²) in [7, 11) is 2.83. The minimum Gasteiger partial charge on any atom is -0.466 e. The van der Waals surface area contributed by atoms with Crippen molar-refractivity contribution in [1.82, 2.24) is 10.2 Å². The molecule has 3 unspecified atom stereocenters. The van der Waals surface area contributed by atoms with Gasteiger partial charge in [-0.3, -0.25) is 4.79 Å². The molecule has 1 aliphatic rings. The summed E-state index contributed by atoms with van der Waals surface area (Å²) in [5.74, 6) is -1.14. The molecule has 0 aliphatic carbocycles. The van der Waals surface area contributed by atoms with E-state index in [1.54, 1.807) is 20.9 Å². The number of ether oxygens (including phenoxy) is 1. The average molecular weight is 216 g/mol. The second kappa shape index (κ2) is 3.79. The van der Waals surface area contributed by atoms with E-state index in [0.29, 0.717) is 0 Å². The molecule has 0 aromatic heterocycles. The summed E-state index contributed by atoms with van der Waals surface area (Å²) >= 11 is 0. The lowest BCUT2D eigenvalue weighted by atomic mass is 9.81. The van der Waals surface area contributed by atoms with E-state index < -0.39 is 17.7 Å². The lowest BCUT2D eigenvalue weighted by Gasteiger charge is -2.53. The first-order valence-electron chi connectivity index (χ1n) is 4.67. The van der Waals surface area contributed by atoms with E-state index in [1.165, 1.54) is 0 Å². The highest BCUT2D eigenvalue weighted by Crippen LogP contribution is 2.31. The predicted octanol–water partition coefficient (Wildman–Crippen LogP) is -1.31. The Morgan fingerprint density at radius 1 is 1.73 bits per heavy atom. The molecule has 0 saturated carbocycles. The maximum absolute atomic E-state index is 11.7. The number of hydrogen-bond donors (Lipinski definition) is 2. The molecule has 1 heterocycles. The van der Waals surface area contributed by atoms with Crippen LogP contribution in [0.5, 0.6) is 0 Å². The lowest BCUT2D eigenvalue weighted by molar-refractivity contribution is -0.192. The highest BCUT2D eigenvalue weighted by Gasteiger charge is 2.57. The number of aliphatic hydroxyl groups excluding tert-OH is 1. The van der Waals surface area contributed by atoms with E-state index in [1.807, 2.05) is 0 Å². The Hall–Kier alpha value is -1.14. The van der Waals surface area contributed by atoms with Crippen LogP contribution in [0.25, 0.3) is 0 Å². The SMILES string of the molecule is CNC1(C)C(=O)N(C(O)C(=O)OC)C1C. The van der Waals surface area contributed by atoms with Crippen molar-refractivity contribution in [1.29, 1.82) is 0 Å². The summed E-state index contributed by atoms with van der Waals surface area (Å²) in [4.78, 5) is 23.8. The van der Waals surface area contributed by atoms with E-state index in [4.69, 9.17) is 0 Å². The van der Waals surface area contributed by atoms with Crippen molar-refractivity contribution in [2.45, 2.75) is 31.7 Å². The summed E-state index contributed by atoms with van der Waals surface area (Å²) in [5.41, 5.74) is -0.713. The van der Waals surface area contributed by atoms with Gasteiger partial charge in [-0.1, -0.05) is 0 Å². The zero-order valence-electron chi connectivity index (χ0n) is 9.27. The fourth-order valence-corrected chi connectivity index (χ4v) is 1.69. The monoisotopic (exact) mass is 216 g/mol. The van der Waals surface area contributed by atoms with Crippen molar-refractivity contribution < 1.29 is 19.4 Å². The van der Waals surface area contributed by atoms with Gasteiger partial charge >= 0.3 is 5.97 Å². The number of β-lactam (4-membered cyclic amide) rings is 1. The Labute approximate surface area is 88.2 Å². The number of nitrogens with one attached hydrogen (secondary N) is 1. The summed E-state index contributed by atoms with van der Waals surface area (Å²) in [6, 6.07) is -0.260. The van der Waals surface area contributed by atoms with Gasteiger partial charge < -0.3 is 20.1 Å². The Kier molecular flexibility index (Phi) is 3.01. The fourth-order valence-electron chi connectivity index (χ4n) is 1.69. The molecule has 6 nitrogen and oxygen atoms in total. The van der Waals surface area contributed by atoms with Gasteiger partial charge in [-0.15, -0.1) is 0 Å². The van der Waals surface area contributed by atoms with Crippen molar-refractivity contribution in [3.8, 4) is 0 Å². The molecular formula is C9H16N2O4. The van der Waals surface area contributed by atoms with Crippen LogP contribution in [0.1, 0.15) is 13.8 Å². The number of hydrogen-bond acceptors (Lipinski definition) is 5. The second-order valence-electron chi connectivity index (χ2n) is 3.74. The Morgan fingerprint density at radius 2 is 2.27 bits per heavy atom. The first-order chi connectivity index (χ1) is 6.90. The lowest BCUT2D eigenvalue weighted by Crippen LogP contribution is -2.79. The second-order valence-corrected chi connectivity index (χ2v) is 3.74. The molecule has 15 heavy (non-hydrogen) atoms. The zero-order chi connectivity index (χ0) is 11.8. The van der Waals surface area contributed by atoms with Gasteiger partial charge in [0.2, 0.25) is 12.1 Å². The van der Waals surface area contributed by atoms with Crippen LogP contribution >= 0.6 is 0 Å². The van der Waals surface area contributed by atoms with E-state index in [9.17, 15) is 14.7 Å². The predicted molar refractivity (Wildman–Crippen MR) is 51.8 cm³/mol. The molecule has 1 fully saturated rings. The van der Waals surface area contributed by atoms with Gasteiger partial charge in [0.05, 0.1) is 13.2 Å². The van der Waals surface area contributed by atoms with Gasteiger partial charge in [0, 0.05) is 0 Å². The summed E-state index contributed by atoms with van der Waals surface area (Å²) in [6.07, 6.45) is -1.51. The van der Waals surface area contributed by atoms with E-state index in [-0.39, 0.29) is 11.9 Å². The van der Waals surface area contributed by atoms with Crippen LogP contribution in [0, 0.1) is 0 Å². The molecule has 1 rings (SSSR count). The number of rotatable bonds is 3. The fraction of sp³-hybridized carbons (Fsp3) is 0.778. The first-order valence-corrected chi connectivity index (χ1v) is 4.67. The molecule has 0 bridgehead atoms. The molecule has 1 amide bonds. The van der Waals surface area contributed by atoms with Gasteiger partial charge in [0.1, 0.15) is 5.54 Å². The van der Waals surface area contributed by atoms with Crippen molar-refractivity contribution in [2.24, 2.45) is 0 Å². The van der Waals surface area contributed by atoms with Gasteiger partial charge in [-0.2, -0.15) is 0 Å². The van der Waals surface area contributed by atoms with Crippen molar-refractivity contribution >= 4 is 11.9 Å². The third kappa shape index (κ3) is 1.49. The van der Waals surface area contributed by atoms with Crippen LogP contribution in [0.3, 0.4) is 0 Å². The summed E-state index contributed by atoms with van der Waals surface area (Å²) < 4.78 is 4.36. The molecule has 6 heteroatoms. The molecule has 86 valence electrons. The Morgan fingerprint density at radius 3 is 2.60 bits per heavy atom. The maximum atomic E-state index is 11.7. The van der Waals surface area contributed by atoms with Crippen molar-refractivity contribution in [3.63, 3.8) is 0 Å². The quantitative estimate of drug-likeness (QED) is 0.452. The van der Waals surface area contributed by atoms with E-state index in [2.05, 4.69) is 10.1 Å². The Balaban J connectivity index is 2.77. The van der Waals surface area contributed by atoms with Crippen molar-refractivity contribution in [3.05, 3.63) is 0 Å². The van der Waals surface area contributed by atoms with Gasteiger partial charge in [0.25, 0.3) is 0 Å². The van der Waals surface area contributed by atoms with Gasteiger partial charge in [0.15, 0.2) is 0 Å².